The number of carbonyl (C=O) groups excluding carboxylic acids is 2. The maximum absolute atomic E-state index is 13.4. The van der Waals surface area contributed by atoms with Crippen molar-refractivity contribution in [2.45, 2.75) is 13.1 Å². The first-order chi connectivity index (χ1) is 15.0. The Balaban J connectivity index is 1.72. The van der Waals surface area contributed by atoms with Gasteiger partial charge >= 0.3 is 12.1 Å². The van der Waals surface area contributed by atoms with E-state index >= 15 is 0 Å². The normalized spacial score (nSPS) is 11.8. The van der Waals surface area contributed by atoms with E-state index in [4.69, 9.17) is 16.3 Å². The number of esters is 1. The number of thiophene rings is 1. The number of halogens is 5. The van der Waals surface area contributed by atoms with Gasteiger partial charge in [0, 0.05) is 21.5 Å². The fraction of sp³-hybridized carbons (Fsp3) is 0.158. The predicted octanol–water partition coefficient (Wildman–Crippen LogP) is 5.73. The smallest absolute Gasteiger partial charge is 0.433 e. The van der Waals surface area contributed by atoms with E-state index in [9.17, 15) is 22.8 Å². The zero-order chi connectivity index (χ0) is 23.4. The summed E-state index contributed by atoms with van der Waals surface area (Å²) < 4.78 is 46.1. The first-order valence-corrected chi connectivity index (χ1v) is 10.7. The van der Waals surface area contributed by atoms with E-state index in [0.29, 0.717) is 20.3 Å². The second-order valence-electron chi connectivity index (χ2n) is 6.58. The van der Waals surface area contributed by atoms with E-state index in [1.807, 2.05) is 0 Å². The van der Waals surface area contributed by atoms with E-state index in [0.717, 1.165) is 17.4 Å². The average Bonchev–Trinajstić information content (AvgIpc) is 3.23. The highest BCUT2D eigenvalue weighted by molar-refractivity contribution is 9.10. The number of hydrogen-bond donors (Lipinski definition) is 1. The number of rotatable bonds is 3. The molecule has 7 nitrogen and oxygen atoms in total. The summed E-state index contributed by atoms with van der Waals surface area (Å²) in [6, 6.07) is 5.60. The molecule has 0 aliphatic carbocycles. The molecule has 0 spiro atoms. The van der Waals surface area contributed by atoms with Gasteiger partial charge in [0.15, 0.2) is 11.3 Å². The predicted molar refractivity (Wildman–Crippen MR) is 117 cm³/mol. The van der Waals surface area contributed by atoms with Crippen LogP contribution < -0.4 is 5.32 Å². The molecule has 0 aliphatic heterocycles. The standard InChI is InChI=1S/C19H11BrClF3N4O3S/c1-7-5-11(19(22,23)24)28-16(25-7)12(20)14(27-28)17(29)26-8-3-4-9-10(6-8)32-15(13(9)21)18(30)31-2/h3-6H,1-2H3,(H,26,29). The summed E-state index contributed by atoms with van der Waals surface area (Å²) in [5, 5.41) is 7.25. The van der Waals surface area contributed by atoms with Crippen LogP contribution in [0.2, 0.25) is 5.02 Å². The first kappa shape index (κ1) is 22.5. The van der Waals surface area contributed by atoms with Crippen LogP contribution in [-0.2, 0) is 10.9 Å². The van der Waals surface area contributed by atoms with Crippen LogP contribution in [0.3, 0.4) is 0 Å². The Kier molecular flexibility index (Phi) is 5.63. The fourth-order valence-electron chi connectivity index (χ4n) is 3.02. The molecule has 0 saturated carbocycles. The molecule has 13 heteroatoms. The van der Waals surface area contributed by atoms with Crippen molar-refractivity contribution < 1.29 is 27.5 Å². The Morgan fingerprint density at radius 2 is 2.00 bits per heavy atom. The maximum atomic E-state index is 13.4. The van der Waals surface area contributed by atoms with Crippen LogP contribution in [0.25, 0.3) is 15.7 Å². The van der Waals surface area contributed by atoms with Crippen LogP contribution in [-0.4, -0.2) is 33.6 Å². The minimum Gasteiger partial charge on any atom is -0.465 e. The van der Waals surface area contributed by atoms with Gasteiger partial charge in [-0.3, -0.25) is 4.79 Å². The minimum atomic E-state index is -4.69. The summed E-state index contributed by atoms with van der Waals surface area (Å²) in [4.78, 5) is 28.9. The molecule has 0 aliphatic rings. The minimum absolute atomic E-state index is 0.0254. The van der Waals surface area contributed by atoms with Crippen LogP contribution >= 0.6 is 38.9 Å². The summed E-state index contributed by atoms with van der Waals surface area (Å²) in [5.74, 6) is -1.33. The number of ether oxygens (including phenoxy) is 1. The van der Waals surface area contributed by atoms with E-state index in [-0.39, 0.29) is 31.4 Å². The van der Waals surface area contributed by atoms with Gasteiger partial charge < -0.3 is 10.1 Å². The van der Waals surface area contributed by atoms with Crippen molar-refractivity contribution in [3.8, 4) is 0 Å². The van der Waals surface area contributed by atoms with Crippen LogP contribution in [0.5, 0.6) is 0 Å². The lowest BCUT2D eigenvalue weighted by Gasteiger charge is -2.09. The van der Waals surface area contributed by atoms with Crippen molar-refractivity contribution in [3.63, 3.8) is 0 Å². The number of nitrogens with zero attached hydrogens (tertiary/aromatic N) is 3. The van der Waals surface area contributed by atoms with Crippen molar-refractivity contribution >= 4 is 72.2 Å². The molecule has 4 aromatic rings. The average molecular weight is 548 g/mol. The molecule has 1 N–H and O–H groups in total. The molecule has 0 radical (unpaired) electrons. The monoisotopic (exact) mass is 546 g/mol. The van der Waals surface area contributed by atoms with Gasteiger partial charge in [-0.2, -0.15) is 18.3 Å². The third-order valence-electron chi connectivity index (χ3n) is 4.42. The third kappa shape index (κ3) is 3.82. The maximum Gasteiger partial charge on any atom is 0.433 e. The second kappa shape index (κ2) is 8.01. The molecule has 1 amide bonds. The van der Waals surface area contributed by atoms with Crippen molar-refractivity contribution in [1.82, 2.24) is 14.6 Å². The number of aromatic nitrogens is 3. The van der Waals surface area contributed by atoms with Gasteiger partial charge in [0.25, 0.3) is 5.91 Å². The topological polar surface area (TPSA) is 85.6 Å². The summed E-state index contributed by atoms with van der Waals surface area (Å²) in [7, 11) is 1.24. The summed E-state index contributed by atoms with van der Waals surface area (Å²) in [6.45, 7) is 1.42. The molecule has 1 aromatic carbocycles. The molecule has 32 heavy (non-hydrogen) atoms. The number of carbonyl (C=O) groups is 2. The van der Waals surface area contributed by atoms with Gasteiger partial charge in [0.1, 0.15) is 10.6 Å². The van der Waals surface area contributed by atoms with Crippen LogP contribution in [0.1, 0.15) is 31.5 Å². The molecule has 0 atom stereocenters. The van der Waals surface area contributed by atoms with E-state index in [1.165, 1.54) is 14.0 Å². The Labute approximate surface area is 195 Å². The lowest BCUT2D eigenvalue weighted by atomic mass is 10.2. The number of amides is 1. The highest BCUT2D eigenvalue weighted by atomic mass is 79.9. The number of anilines is 1. The number of benzene rings is 1. The largest absolute Gasteiger partial charge is 0.465 e. The summed E-state index contributed by atoms with van der Waals surface area (Å²) >= 11 is 10.4. The molecule has 0 bridgehead atoms. The summed E-state index contributed by atoms with van der Waals surface area (Å²) in [6.07, 6.45) is -4.69. The number of methoxy groups -OCH3 is 1. The molecule has 0 unspecified atom stereocenters. The van der Waals surface area contributed by atoms with Crippen molar-refractivity contribution in [1.29, 1.82) is 0 Å². The zero-order valence-electron chi connectivity index (χ0n) is 16.2. The third-order valence-corrected chi connectivity index (χ3v) is 6.79. The summed E-state index contributed by atoms with van der Waals surface area (Å²) in [5.41, 5.74) is -0.997. The number of hydrogen-bond acceptors (Lipinski definition) is 6. The number of fused-ring (bicyclic) bond motifs is 2. The Morgan fingerprint density at radius 3 is 2.66 bits per heavy atom. The molecule has 4 rings (SSSR count). The fourth-order valence-corrected chi connectivity index (χ4v) is 5.00. The van der Waals surface area contributed by atoms with Crippen molar-refractivity contribution in [2.75, 3.05) is 12.4 Å². The Morgan fingerprint density at radius 1 is 1.28 bits per heavy atom. The lowest BCUT2D eigenvalue weighted by Crippen LogP contribution is -2.15. The van der Waals surface area contributed by atoms with E-state index in [2.05, 4.69) is 31.3 Å². The lowest BCUT2D eigenvalue weighted by molar-refractivity contribution is -0.142. The molecule has 166 valence electrons. The molecule has 0 fully saturated rings. The highest BCUT2D eigenvalue weighted by Crippen LogP contribution is 2.37. The number of aryl methyl sites for hydroxylation is 1. The highest BCUT2D eigenvalue weighted by Gasteiger charge is 2.36. The van der Waals surface area contributed by atoms with Gasteiger partial charge in [0.05, 0.1) is 16.6 Å². The number of nitrogens with one attached hydrogen (secondary N) is 1. The molecule has 3 aromatic heterocycles. The van der Waals surface area contributed by atoms with Gasteiger partial charge in [-0.25, -0.2) is 14.3 Å². The van der Waals surface area contributed by atoms with E-state index < -0.39 is 23.7 Å². The Hall–Kier alpha value is -2.70. The molecule has 0 saturated heterocycles. The van der Waals surface area contributed by atoms with Crippen molar-refractivity contribution in [2.24, 2.45) is 0 Å². The SMILES string of the molecule is COC(=O)c1sc2cc(NC(=O)c3nn4c(C(F)(F)F)cc(C)nc4c3Br)ccc2c1Cl. The number of alkyl halides is 3. The quantitative estimate of drug-likeness (QED) is 0.331. The Bertz CT molecular complexity index is 1420. The second-order valence-corrected chi connectivity index (χ2v) is 8.80. The van der Waals surface area contributed by atoms with Gasteiger partial charge in [0.2, 0.25) is 0 Å². The van der Waals surface area contributed by atoms with Gasteiger partial charge in [-0.15, -0.1) is 11.3 Å². The van der Waals surface area contributed by atoms with Gasteiger partial charge in [-0.05, 0) is 47.1 Å². The van der Waals surface area contributed by atoms with Crippen molar-refractivity contribution in [3.05, 3.63) is 55.7 Å². The van der Waals surface area contributed by atoms with Gasteiger partial charge in [-0.1, -0.05) is 11.6 Å². The molecular formula is C19H11BrClF3N4O3S. The zero-order valence-corrected chi connectivity index (χ0v) is 19.3. The van der Waals surface area contributed by atoms with Crippen LogP contribution in [0.4, 0.5) is 18.9 Å². The molecule has 3 heterocycles. The first-order valence-electron chi connectivity index (χ1n) is 8.76. The molecular weight excluding hydrogens is 537 g/mol. The van der Waals surface area contributed by atoms with Crippen LogP contribution in [0, 0.1) is 6.92 Å². The van der Waals surface area contributed by atoms with Crippen LogP contribution in [0.15, 0.2) is 28.7 Å². The van der Waals surface area contributed by atoms with E-state index in [1.54, 1.807) is 18.2 Å².